The number of aliphatic hydroxyl groups excluding tert-OH is 1. The second kappa shape index (κ2) is 7.69. The van der Waals surface area contributed by atoms with E-state index in [9.17, 15) is 18.3 Å². The lowest BCUT2D eigenvalue weighted by Gasteiger charge is -2.36. The molecule has 1 N–H and O–H groups in total. The number of rotatable bonds is 4. The summed E-state index contributed by atoms with van der Waals surface area (Å²) in [6.45, 7) is 3.76. The SMILES string of the molecule is COc1cc(C(F)(F)F)ccc1-c1oc(C(O)[C@@H]2CC[C@H]3CCCN3C2)cc1C. The molecule has 1 aromatic carbocycles. The molecule has 158 valence electrons. The molecule has 0 aliphatic carbocycles. The first-order chi connectivity index (χ1) is 13.8. The Morgan fingerprint density at radius 2 is 2.00 bits per heavy atom. The Hall–Kier alpha value is -1.99. The van der Waals surface area contributed by atoms with Gasteiger partial charge in [0.2, 0.25) is 0 Å². The summed E-state index contributed by atoms with van der Waals surface area (Å²) in [5.74, 6) is 1.08. The van der Waals surface area contributed by atoms with Crippen molar-refractivity contribution in [1.29, 1.82) is 0 Å². The Morgan fingerprint density at radius 3 is 2.72 bits per heavy atom. The van der Waals surface area contributed by atoms with E-state index in [1.54, 1.807) is 6.07 Å². The lowest BCUT2D eigenvalue weighted by Crippen LogP contribution is -2.40. The number of ether oxygens (including phenoxy) is 1. The van der Waals surface area contributed by atoms with Crippen molar-refractivity contribution in [2.45, 2.75) is 50.9 Å². The highest BCUT2D eigenvalue weighted by molar-refractivity contribution is 5.69. The van der Waals surface area contributed by atoms with E-state index in [1.165, 1.54) is 26.0 Å². The highest BCUT2D eigenvalue weighted by Gasteiger charge is 2.36. The molecular formula is C22H26F3NO3. The molecule has 2 fully saturated rings. The van der Waals surface area contributed by atoms with Crippen molar-refractivity contribution < 1.29 is 27.4 Å². The van der Waals surface area contributed by atoms with Crippen LogP contribution in [0.5, 0.6) is 5.75 Å². The number of halogens is 3. The summed E-state index contributed by atoms with van der Waals surface area (Å²) < 4.78 is 50.2. The minimum atomic E-state index is -4.44. The van der Waals surface area contributed by atoms with Gasteiger partial charge in [0.1, 0.15) is 23.4 Å². The summed E-state index contributed by atoms with van der Waals surface area (Å²) in [5.41, 5.74) is 0.427. The van der Waals surface area contributed by atoms with Gasteiger partial charge in [-0.2, -0.15) is 13.2 Å². The normalized spacial score (nSPS) is 23.8. The number of aryl methyl sites for hydroxylation is 1. The van der Waals surface area contributed by atoms with Crippen LogP contribution in [0.15, 0.2) is 28.7 Å². The van der Waals surface area contributed by atoms with Crippen molar-refractivity contribution in [1.82, 2.24) is 4.90 Å². The molecule has 4 nitrogen and oxygen atoms in total. The van der Waals surface area contributed by atoms with Crippen LogP contribution in [0, 0.1) is 12.8 Å². The van der Waals surface area contributed by atoms with Crippen LogP contribution in [0.25, 0.3) is 11.3 Å². The first-order valence-electron chi connectivity index (χ1n) is 10.1. The van der Waals surface area contributed by atoms with E-state index in [4.69, 9.17) is 9.15 Å². The maximum atomic E-state index is 13.0. The van der Waals surface area contributed by atoms with E-state index in [2.05, 4.69) is 4.90 Å². The molecule has 0 saturated carbocycles. The fourth-order valence-electron chi connectivity index (χ4n) is 4.73. The van der Waals surface area contributed by atoms with Gasteiger partial charge in [-0.1, -0.05) is 0 Å². The molecule has 0 bridgehead atoms. The second-order valence-electron chi connectivity index (χ2n) is 8.15. The van der Waals surface area contributed by atoms with Crippen LogP contribution < -0.4 is 4.74 Å². The maximum absolute atomic E-state index is 13.0. The van der Waals surface area contributed by atoms with Crippen molar-refractivity contribution in [3.8, 4) is 17.1 Å². The summed E-state index contributed by atoms with van der Waals surface area (Å²) in [6, 6.07) is 5.78. The van der Waals surface area contributed by atoms with E-state index in [0.717, 1.165) is 43.6 Å². The Labute approximate surface area is 168 Å². The van der Waals surface area contributed by atoms with E-state index in [-0.39, 0.29) is 11.7 Å². The fraction of sp³-hybridized carbons (Fsp3) is 0.545. The number of alkyl halides is 3. The first kappa shape index (κ1) is 20.3. The van der Waals surface area contributed by atoms with Crippen molar-refractivity contribution in [2.24, 2.45) is 5.92 Å². The van der Waals surface area contributed by atoms with Crippen LogP contribution in [-0.4, -0.2) is 36.2 Å². The predicted octanol–water partition coefficient (Wildman–Crippen LogP) is 5.19. The van der Waals surface area contributed by atoms with Gasteiger partial charge in [0, 0.05) is 18.5 Å². The van der Waals surface area contributed by atoms with Crippen molar-refractivity contribution >= 4 is 0 Å². The molecule has 0 spiro atoms. The zero-order valence-corrected chi connectivity index (χ0v) is 16.6. The van der Waals surface area contributed by atoms with Crippen LogP contribution in [0.4, 0.5) is 13.2 Å². The van der Waals surface area contributed by atoms with Crippen molar-refractivity contribution in [3.63, 3.8) is 0 Å². The largest absolute Gasteiger partial charge is 0.496 e. The third-order valence-corrected chi connectivity index (χ3v) is 6.29. The molecule has 2 aliphatic heterocycles. The standard InChI is InChI=1S/C22H26F3NO3/c1-13-10-19(20(27)14-5-7-16-4-3-9-26(16)12-14)29-21(13)17-8-6-15(22(23,24)25)11-18(17)28-2/h6,8,10-11,14,16,20,27H,3-5,7,9,12H2,1-2H3/t14-,16-,20?/m1/s1. The number of methoxy groups -OCH3 is 1. The monoisotopic (exact) mass is 409 g/mol. The molecule has 2 aliphatic rings. The Balaban J connectivity index is 1.59. The number of nitrogens with zero attached hydrogens (tertiary/aromatic N) is 1. The van der Waals surface area contributed by atoms with Crippen LogP contribution in [0.3, 0.4) is 0 Å². The average Bonchev–Trinajstić information content (AvgIpc) is 3.31. The van der Waals surface area contributed by atoms with Crippen LogP contribution in [0.1, 0.15) is 48.7 Å². The highest BCUT2D eigenvalue weighted by atomic mass is 19.4. The highest BCUT2D eigenvalue weighted by Crippen LogP contribution is 2.42. The van der Waals surface area contributed by atoms with Crippen LogP contribution in [-0.2, 0) is 6.18 Å². The molecule has 3 atom stereocenters. The predicted molar refractivity (Wildman–Crippen MR) is 103 cm³/mol. The van der Waals surface area contributed by atoms with Gasteiger partial charge in [-0.25, -0.2) is 0 Å². The van der Waals surface area contributed by atoms with Gasteiger partial charge in [0.15, 0.2) is 0 Å². The van der Waals surface area contributed by atoms with E-state index in [0.29, 0.717) is 23.1 Å². The van der Waals surface area contributed by atoms with Gasteiger partial charge in [-0.3, -0.25) is 4.90 Å². The van der Waals surface area contributed by atoms with Crippen LogP contribution in [0.2, 0.25) is 0 Å². The molecule has 2 aromatic rings. The fourth-order valence-corrected chi connectivity index (χ4v) is 4.73. The number of hydrogen-bond acceptors (Lipinski definition) is 4. The molecule has 0 radical (unpaired) electrons. The number of aliphatic hydroxyl groups is 1. The first-order valence-corrected chi connectivity index (χ1v) is 10.1. The van der Waals surface area contributed by atoms with Gasteiger partial charge in [0.25, 0.3) is 0 Å². The summed E-state index contributed by atoms with van der Waals surface area (Å²) in [4.78, 5) is 2.45. The summed E-state index contributed by atoms with van der Waals surface area (Å²) in [6.07, 6.45) is -0.697. The lowest BCUT2D eigenvalue weighted by molar-refractivity contribution is -0.137. The quantitative estimate of drug-likeness (QED) is 0.755. The third kappa shape index (κ3) is 3.90. The number of benzene rings is 1. The zero-order valence-electron chi connectivity index (χ0n) is 16.6. The van der Waals surface area contributed by atoms with E-state index in [1.807, 2.05) is 6.92 Å². The number of hydrogen-bond donors (Lipinski definition) is 1. The minimum Gasteiger partial charge on any atom is -0.496 e. The smallest absolute Gasteiger partial charge is 0.416 e. The maximum Gasteiger partial charge on any atom is 0.416 e. The topological polar surface area (TPSA) is 45.8 Å². The molecule has 0 amide bonds. The molecule has 4 rings (SSSR count). The summed E-state index contributed by atoms with van der Waals surface area (Å²) in [7, 11) is 1.33. The Morgan fingerprint density at radius 1 is 1.21 bits per heavy atom. The number of fused-ring (bicyclic) bond motifs is 1. The molecular weight excluding hydrogens is 383 g/mol. The molecule has 1 unspecified atom stereocenters. The molecule has 3 heterocycles. The van der Waals surface area contributed by atoms with E-state index >= 15 is 0 Å². The summed E-state index contributed by atoms with van der Waals surface area (Å²) in [5, 5.41) is 10.9. The third-order valence-electron chi connectivity index (χ3n) is 6.29. The number of furan rings is 1. The average molecular weight is 409 g/mol. The zero-order chi connectivity index (χ0) is 20.8. The van der Waals surface area contributed by atoms with Gasteiger partial charge in [-0.15, -0.1) is 0 Å². The number of piperidine rings is 1. The van der Waals surface area contributed by atoms with Gasteiger partial charge >= 0.3 is 6.18 Å². The minimum absolute atomic E-state index is 0.0934. The molecule has 1 aromatic heterocycles. The van der Waals surface area contributed by atoms with Crippen molar-refractivity contribution in [2.75, 3.05) is 20.2 Å². The Kier molecular flexibility index (Phi) is 5.38. The van der Waals surface area contributed by atoms with Crippen LogP contribution >= 0.6 is 0 Å². The molecule has 7 heteroatoms. The lowest BCUT2D eigenvalue weighted by atomic mass is 9.88. The van der Waals surface area contributed by atoms with E-state index < -0.39 is 17.8 Å². The molecule has 29 heavy (non-hydrogen) atoms. The second-order valence-corrected chi connectivity index (χ2v) is 8.15. The summed E-state index contributed by atoms with van der Waals surface area (Å²) >= 11 is 0. The van der Waals surface area contributed by atoms with Gasteiger partial charge < -0.3 is 14.3 Å². The van der Waals surface area contributed by atoms with Gasteiger partial charge in [0.05, 0.1) is 18.2 Å². The Bertz CT molecular complexity index is 877. The van der Waals surface area contributed by atoms with Crippen molar-refractivity contribution in [3.05, 3.63) is 41.2 Å². The van der Waals surface area contributed by atoms with Gasteiger partial charge in [-0.05, 0) is 69.0 Å². The molecule has 2 saturated heterocycles.